The maximum Gasteiger partial charge on any atom is 0.0628 e. The van der Waals surface area contributed by atoms with Crippen LogP contribution in [0.3, 0.4) is 0 Å². The highest BCUT2D eigenvalue weighted by molar-refractivity contribution is 6.22. The zero-order chi connectivity index (χ0) is 6.27. The summed E-state index contributed by atoms with van der Waals surface area (Å²) in [5.74, 6) is 0. The summed E-state index contributed by atoms with van der Waals surface area (Å²) >= 11 is 5.88. The van der Waals surface area contributed by atoms with Gasteiger partial charge in [-0.1, -0.05) is 24.3 Å². The minimum atomic E-state index is 0.293. The van der Waals surface area contributed by atoms with E-state index < -0.39 is 0 Å². The SMILES string of the molecule is Cl[C@@H]1Cc2ccccc21. The van der Waals surface area contributed by atoms with Crippen LogP contribution in [0.4, 0.5) is 0 Å². The summed E-state index contributed by atoms with van der Waals surface area (Å²) in [5.41, 5.74) is 2.73. The highest BCUT2D eigenvalue weighted by Gasteiger charge is 2.21. The van der Waals surface area contributed by atoms with E-state index in [1.165, 1.54) is 11.1 Å². The molecule has 0 fully saturated rings. The first-order chi connectivity index (χ1) is 4.38. The van der Waals surface area contributed by atoms with Crippen LogP contribution in [-0.4, -0.2) is 0 Å². The lowest BCUT2D eigenvalue weighted by molar-refractivity contribution is 0.804. The highest BCUT2D eigenvalue weighted by atomic mass is 35.5. The summed E-state index contributed by atoms with van der Waals surface area (Å²) in [6.45, 7) is 0. The first-order valence-electron chi connectivity index (χ1n) is 3.10. The average molecular weight is 139 g/mol. The van der Waals surface area contributed by atoms with Gasteiger partial charge in [0.05, 0.1) is 5.38 Å². The molecular weight excluding hydrogens is 132 g/mol. The Kier molecular flexibility index (Phi) is 1.03. The molecule has 0 unspecified atom stereocenters. The predicted molar refractivity (Wildman–Crippen MR) is 38.7 cm³/mol. The summed E-state index contributed by atoms with van der Waals surface area (Å²) in [4.78, 5) is 0. The van der Waals surface area contributed by atoms with Gasteiger partial charge in [0.25, 0.3) is 0 Å². The van der Waals surface area contributed by atoms with Crippen molar-refractivity contribution in [2.24, 2.45) is 0 Å². The quantitative estimate of drug-likeness (QED) is 0.484. The molecule has 0 saturated heterocycles. The molecule has 0 aromatic heterocycles. The fraction of sp³-hybridized carbons (Fsp3) is 0.250. The second-order valence-electron chi connectivity index (χ2n) is 2.37. The Morgan fingerprint density at radius 3 is 2.67 bits per heavy atom. The minimum absolute atomic E-state index is 0.293. The lowest BCUT2D eigenvalue weighted by atomic mass is 9.88. The summed E-state index contributed by atoms with van der Waals surface area (Å²) in [7, 11) is 0. The number of benzene rings is 1. The predicted octanol–water partition coefficient (Wildman–Crippen LogP) is 2.52. The second-order valence-corrected chi connectivity index (χ2v) is 2.90. The Bertz CT molecular complexity index is 230. The van der Waals surface area contributed by atoms with Gasteiger partial charge in [-0.25, -0.2) is 0 Å². The molecule has 0 heterocycles. The van der Waals surface area contributed by atoms with Gasteiger partial charge < -0.3 is 0 Å². The molecule has 1 aromatic rings. The maximum absolute atomic E-state index is 5.88. The van der Waals surface area contributed by atoms with Crippen molar-refractivity contribution in [3.05, 3.63) is 35.4 Å². The van der Waals surface area contributed by atoms with Gasteiger partial charge in [-0.3, -0.25) is 0 Å². The van der Waals surface area contributed by atoms with E-state index in [4.69, 9.17) is 11.6 Å². The van der Waals surface area contributed by atoms with Crippen molar-refractivity contribution in [2.75, 3.05) is 0 Å². The molecule has 0 aliphatic heterocycles. The number of hydrogen-bond acceptors (Lipinski definition) is 0. The standard InChI is InChI=1S/C8H7Cl/c9-8-5-6-3-1-2-4-7(6)8/h1-4,8H,5H2/t8-/m1/s1. The van der Waals surface area contributed by atoms with E-state index in [1.807, 2.05) is 6.07 Å². The molecule has 2 rings (SSSR count). The van der Waals surface area contributed by atoms with Crippen molar-refractivity contribution in [1.29, 1.82) is 0 Å². The molecular formula is C8H7Cl. The van der Waals surface area contributed by atoms with E-state index in [1.54, 1.807) is 0 Å². The molecule has 0 N–H and O–H groups in total. The van der Waals surface area contributed by atoms with Crippen molar-refractivity contribution < 1.29 is 0 Å². The van der Waals surface area contributed by atoms with Gasteiger partial charge >= 0.3 is 0 Å². The molecule has 1 aliphatic rings. The van der Waals surface area contributed by atoms with Crippen LogP contribution in [0.2, 0.25) is 0 Å². The van der Waals surface area contributed by atoms with E-state index in [9.17, 15) is 0 Å². The third-order valence-electron chi connectivity index (χ3n) is 1.79. The van der Waals surface area contributed by atoms with Gasteiger partial charge in [0.15, 0.2) is 0 Å². The summed E-state index contributed by atoms with van der Waals surface area (Å²) in [6, 6.07) is 8.32. The molecule has 1 aliphatic carbocycles. The molecule has 1 aromatic carbocycles. The molecule has 0 nitrogen and oxygen atoms in total. The molecule has 1 heteroatoms. The van der Waals surface area contributed by atoms with Crippen molar-refractivity contribution in [1.82, 2.24) is 0 Å². The smallest absolute Gasteiger partial charge is 0.0628 e. The first-order valence-corrected chi connectivity index (χ1v) is 3.53. The van der Waals surface area contributed by atoms with Crippen LogP contribution >= 0.6 is 11.6 Å². The lowest BCUT2D eigenvalue weighted by Gasteiger charge is -2.23. The van der Waals surface area contributed by atoms with Gasteiger partial charge in [0.1, 0.15) is 0 Å². The Labute approximate surface area is 59.5 Å². The van der Waals surface area contributed by atoms with E-state index in [0.29, 0.717) is 5.38 Å². The zero-order valence-electron chi connectivity index (χ0n) is 4.97. The van der Waals surface area contributed by atoms with E-state index in [-0.39, 0.29) is 0 Å². The summed E-state index contributed by atoms with van der Waals surface area (Å²) in [5, 5.41) is 0.293. The molecule has 0 amide bonds. The topological polar surface area (TPSA) is 0 Å². The monoisotopic (exact) mass is 138 g/mol. The number of hydrogen-bond donors (Lipinski definition) is 0. The van der Waals surface area contributed by atoms with E-state index in [2.05, 4.69) is 18.2 Å². The second kappa shape index (κ2) is 1.74. The van der Waals surface area contributed by atoms with Crippen LogP contribution in [0.15, 0.2) is 24.3 Å². The Balaban J connectivity index is 2.51. The van der Waals surface area contributed by atoms with E-state index in [0.717, 1.165) is 6.42 Å². The van der Waals surface area contributed by atoms with Crippen LogP contribution in [0.5, 0.6) is 0 Å². The Morgan fingerprint density at radius 2 is 2.11 bits per heavy atom. The van der Waals surface area contributed by atoms with E-state index >= 15 is 0 Å². The van der Waals surface area contributed by atoms with Crippen LogP contribution < -0.4 is 0 Å². The maximum atomic E-state index is 5.88. The number of fused-ring (bicyclic) bond motifs is 1. The summed E-state index contributed by atoms with van der Waals surface area (Å²) in [6.07, 6.45) is 1.05. The molecule has 46 valence electrons. The lowest BCUT2D eigenvalue weighted by Crippen LogP contribution is -2.10. The van der Waals surface area contributed by atoms with Crippen molar-refractivity contribution in [3.63, 3.8) is 0 Å². The van der Waals surface area contributed by atoms with Crippen molar-refractivity contribution >= 4 is 11.6 Å². The average Bonchev–Trinajstić information content (AvgIpc) is 1.86. The highest BCUT2D eigenvalue weighted by Crippen LogP contribution is 2.37. The third kappa shape index (κ3) is 0.665. The minimum Gasteiger partial charge on any atom is -0.117 e. The Hall–Kier alpha value is -0.490. The fourth-order valence-corrected chi connectivity index (χ4v) is 1.58. The van der Waals surface area contributed by atoms with Crippen LogP contribution in [0.1, 0.15) is 16.5 Å². The first kappa shape index (κ1) is 5.31. The van der Waals surface area contributed by atoms with Crippen LogP contribution in [-0.2, 0) is 6.42 Å². The molecule has 0 bridgehead atoms. The molecule has 1 atom stereocenters. The number of rotatable bonds is 0. The largest absolute Gasteiger partial charge is 0.117 e. The molecule has 9 heavy (non-hydrogen) atoms. The zero-order valence-corrected chi connectivity index (χ0v) is 5.73. The van der Waals surface area contributed by atoms with Crippen molar-refractivity contribution in [3.8, 4) is 0 Å². The van der Waals surface area contributed by atoms with Gasteiger partial charge in [-0.2, -0.15) is 0 Å². The van der Waals surface area contributed by atoms with Gasteiger partial charge in [-0.15, -0.1) is 11.6 Å². The van der Waals surface area contributed by atoms with Gasteiger partial charge in [0, 0.05) is 0 Å². The number of halogens is 1. The van der Waals surface area contributed by atoms with Crippen LogP contribution in [0.25, 0.3) is 0 Å². The van der Waals surface area contributed by atoms with Crippen molar-refractivity contribution in [2.45, 2.75) is 11.8 Å². The Morgan fingerprint density at radius 1 is 1.33 bits per heavy atom. The third-order valence-corrected chi connectivity index (χ3v) is 2.18. The van der Waals surface area contributed by atoms with Gasteiger partial charge in [-0.05, 0) is 17.5 Å². The molecule has 0 saturated carbocycles. The summed E-state index contributed by atoms with van der Waals surface area (Å²) < 4.78 is 0. The van der Waals surface area contributed by atoms with Gasteiger partial charge in [0.2, 0.25) is 0 Å². The van der Waals surface area contributed by atoms with Crippen LogP contribution in [0, 0.1) is 0 Å². The molecule has 0 radical (unpaired) electrons. The molecule has 0 spiro atoms. The number of alkyl halides is 1. The normalized spacial score (nSPS) is 22.6. The fourth-order valence-electron chi connectivity index (χ4n) is 1.20.